The summed E-state index contributed by atoms with van der Waals surface area (Å²) >= 11 is 0. The average molecular weight is 214 g/mol. The number of rotatable bonds is 7. The zero-order chi connectivity index (χ0) is 11.9. The van der Waals surface area contributed by atoms with Crippen molar-refractivity contribution in [2.45, 2.75) is 40.2 Å². The normalized spacial score (nSPS) is 13.3. The van der Waals surface area contributed by atoms with Gasteiger partial charge in [-0.2, -0.15) is 0 Å². The van der Waals surface area contributed by atoms with Gasteiger partial charge in [-0.3, -0.25) is 4.79 Å². The first-order valence-corrected chi connectivity index (χ1v) is 5.33. The molecule has 0 saturated carbocycles. The lowest BCUT2D eigenvalue weighted by Crippen LogP contribution is -2.29. The van der Waals surface area contributed by atoms with Crippen LogP contribution in [0, 0.1) is 5.41 Å². The molecule has 3 heteroatoms. The quantitative estimate of drug-likeness (QED) is 0.482. The Labute approximate surface area is 92.5 Å². The first-order valence-electron chi connectivity index (χ1n) is 5.33. The third kappa shape index (κ3) is 5.57. The van der Waals surface area contributed by atoms with E-state index in [9.17, 15) is 4.79 Å². The van der Waals surface area contributed by atoms with Crippen molar-refractivity contribution in [3.63, 3.8) is 0 Å². The van der Waals surface area contributed by atoms with E-state index >= 15 is 0 Å². The smallest absolute Gasteiger partial charge is 0.311 e. The maximum absolute atomic E-state index is 11.6. The molecule has 0 aliphatic heterocycles. The second-order valence-corrected chi connectivity index (χ2v) is 4.27. The van der Waals surface area contributed by atoms with Crippen LogP contribution in [0.5, 0.6) is 0 Å². The molecule has 3 nitrogen and oxygen atoms in total. The molecule has 0 rings (SSSR count). The van der Waals surface area contributed by atoms with E-state index in [0.717, 1.165) is 6.42 Å². The highest BCUT2D eigenvalue weighted by Crippen LogP contribution is 2.21. The van der Waals surface area contributed by atoms with Gasteiger partial charge < -0.3 is 9.47 Å². The van der Waals surface area contributed by atoms with Crippen molar-refractivity contribution in [3.8, 4) is 0 Å². The maximum atomic E-state index is 11.6. The fourth-order valence-electron chi connectivity index (χ4n) is 0.813. The lowest BCUT2D eigenvalue weighted by molar-refractivity contribution is -0.157. The minimum Gasteiger partial charge on any atom is -0.463 e. The average Bonchev–Trinajstić information content (AvgIpc) is 2.22. The molecule has 0 aromatic carbocycles. The van der Waals surface area contributed by atoms with Crippen LogP contribution in [-0.4, -0.2) is 25.3 Å². The molecule has 0 radical (unpaired) electrons. The van der Waals surface area contributed by atoms with Crippen molar-refractivity contribution in [2.24, 2.45) is 5.41 Å². The first-order chi connectivity index (χ1) is 6.94. The monoisotopic (exact) mass is 214 g/mol. The van der Waals surface area contributed by atoms with E-state index in [0.29, 0.717) is 13.2 Å². The van der Waals surface area contributed by atoms with Gasteiger partial charge in [0.1, 0.15) is 6.61 Å². The molecule has 0 amide bonds. The Bertz CT molecular complexity index is 209. The molecule has 88 valence electrons. The Morgan fingerprint density at radius 1 is 1.53 bits per heavy atom. The van der Waals surface area contributed by atoms with Gasteiger partial charge in [-0.15, -0.1) is 6.58 Å². The molecule has 1 atom stereocenters. The van der Waals surface area contributed by atoms with Crippen LogP contribution in [-0.2, 0) is 14.3 Å². The van der Waals surface area contributed by atoms with Crippen LogP contribution in [0.3, 0.4) is 0 Å². The highest BCUT2D eigenvalue weighted by molar-refractivity contribution is 5.75. The SMILES string of the molecule is C=CCOC(C)COC(=O)C(C)(C)CC. The summed E-state index contributed by atoms with van der Waals surface area (Å²) in [6.07, 6.45) is 2.36. The van der Waals surface area contributed by atoms with E-state index < -0.39 is 5.41 Å². The third-order valence-corrected chi connectivity index (χ3v) is 2.38. The summed E-state index contributed by atoms with van der Waals surface area (Å²) in [7, 11) is 0. The molecule has 0 saturated heterocycles. The van der Waals surface area contributed by atoms with E-state index in [1.165, 1.54) is 0 Å². The largest absolute Gasteiger partial charge is 0.463 e. The molecule has 15 heavy (non-hydrogen) atoms. The molecular weight excluding hydrogens is 192 g/mol. The fraction of sp³-hybridized carbons (Fsp3) is 0.750. The van der Waals surface area contributed by atoms with E-state index in [2.05, 4.69) is 6.58 Å². The van der Waals surface area contributed by atoms with Crippen LogP contribution in [0.4, 0.5) is 0 Å². The van der Waals surface area contributed by atoms with Crippen LogP contribution in [0.2, 0.25) is 0 Å². The zero-order valence-electron chi connectivity index (χ0n) is 10.2. The highest BCUT2D eigenvalue weighted by Gasteiger charge is 2.27. The van der Waals surface area contributed by atoms with Crippen LogP contribution < -0.4 is 0 Å². The molecule has 0 spiro atoms. The number of hydrogen-bond donors (Lipinski definition) is 0. The van der Waals surface area contributed by atoms with E-state index in [1.807, 2.05) is 27.7 Å². The summed E-state index contributed by atoms with van der Waals surface area (Å²) in [5, 5.41) is 0. The lowest BCUT2D eigenvalue weighted by Gasteiger charge is -2.21. The van der Waals surface area contributed by atoms with Crippen molar-refractivity contribution < 1.29 is 14.3 Å². The van der Waals surface area contributed by atoms with Gasteiger partial charge in [0.25, 0.3) is 0 Å². The van der Waals surface area contributed by atoms with Gasteiger partial charge >= 0.3 is 5.97 Å². The molecule has 0 aromatic rings. The van der Waals surface area contributed by atoms with Crippen LogP contribution in [0.1, 0.15) is 34.1 Å². The summed E-state index contributed by atoms with van der Waals surface area (Å²) < 4.78 is 10.5. The number of hydrogen-bond acceptors (Lipinski definition) is 3. The van der Waals surface area contributed by atoms with Crippen LogP contribution >= 0.6 is 0 Å². The highest BCUT2D eigenvalue weighted by atomic mass is 16.6. The summed E-state index contributed by atoms with van der Waals surface area (Å²) in [5.41, 5.74) is -0.405. The number of carbonyl (C=O) groups excluding carboxylic acids is 1. The lowest BCUT2D eigenvalue weighted by atomic mass is 9.91. The molecule has 1 unspecified atom stereocenters. The Morgan fingerprint density at radius 3 is 2.60 bits per heavy atom. The summed E-state index contributed by atoms with van der Waals surface area (Å²) in [5.74, 6) is -0.168. The molecule has 0 bridgehead atoms. The van der Waals surface area contributed by atoms with Crippen LogP contribution in [0.15, 0.2) is 12.7 Å². The Balaban J connectivity index is 3.85. The summed E-state index contributed by atoms with van der Waals surface area (Å²) in [6.45, 7) is 11.9. The molecule has 0 aliphatic carbocycles. The molecule has 0 aliphatic rings. The van der Waals surface area contributed by atoms with Crippen molar-refractivity contribution in [1.29, 1.82) is 0 Å². The van der Waals surface area contributed by atoms with Crippen molar-refractivity contribution in [3.05, 3.63) is 12.7 Å². The van der Waals surface area contributed by atoms with E-state index in [1.54, 1.807) is 6.08 Å². The van der Waals surface area contributed by atoms with Crippen molar-refractivity contribution in [2.75, 3.05) is 13.2 Å². The molecule has 0 heterocycles. The Kier molecular flexibility index (Phi) is 6.25. The van der Waals surface area contributed by atoms with Crippen LogP contribution in [0.25, 0.3) is 0 Å². The second kappa shape index (κ2) is 6.62. The predicted molar refractivity (Wildman–Crippen MR) is 60.6 cm³/mol. The zero-order valence-corrected chi connectivity index (χ0v) is 10.2. The predicted octanol–water partition coefficient (Wildman–Crippen LogP) is 2.56. The molecule has 0 fully saturated rings. The van der Waals surface area contributed by atoms with Gasteiger partial charge in [-0.25, -0.2) is 0 Å². The van der Waals surface area contributed by atoms with Gasteiger partial charge in [0, 0.05) is 0 Å². The minimum absolute atomic E-state index is 0.0837. The Morgan fingerprint density at radius 2 is 2.13 bits per heavy atom. The fourth-order valence-corrected chi connectivity index (χ4v) is 0.813. The summed E-state index contributed by atoms with van der Waals surface area (Å²) in [6, 6.07) is 0. The summed E-state index contributed by atoms with van der Waals surface area (Å²) in [4.78, 5) is 11.6. The number of carbonyl (C=O) groups is 1. The number of esters is 1. The van der Waals surface area contributed by atoms with Gasteiger partial charge in [-0.1, -0.05) is 13.0 Å². The standard InChI is InChI=1S/C12H22O3/c1-6-8-14-10(3)9-15-11(13)12(4,5)7-2/h6,10H,1,7-9H2,2-5H3. The van der Waals surface area contributed by atoms with Gasteiger partial charge in [0.05, 0.1) is 18.1 Å². The van der Waals surface area contributed by atoms with E-state index in [-0.39, 0.29) is 12.1 Å². The minimum atomic E-state index is -0.405. The van der Waals surface area contributed by atoms with E-state index in [4.69, 9.17) is 9.47 Å². The van der Waals surface area contributed by atoms with Crippen molar-refractivity contribution >= 4 is 5.97 Å². The topological polar surface area (TPSA) is 35.5 Å². The maximum Gasteiger partial charge on any atom is 0.311 e. The molecule has 0 N–H and O–H groups in total. The molecular formula is C12H22O3. The Hall–Kier alpha value is -0.830. The number of ether oxygens (including phenoxy) is 2. The van der Waals surface area contributed by atoms with Gasteiger partial charge in [0.15, 0.2) is 0 Å². The third-order valence-electron chi connectivity index (χ3n) is 2.38. The van der Waals surface area contributed by atoms with Gasteiger partial charge in [-0.05, 0) is 27.2 Å². The second-order valence-electron chi connectivity index (χ2n) is 4.27. The van der Waals surface area contributed by atoms with Crippen molar-refractivity contribution in [1.82, 2.24) is 0 Å². The first kappa shape index (κ1) is 14.2. The molecule has 0 aromatic heterocycles. The van der Waals surface area contributed by atoms with Gasteiger partial charge in [0.2, 0.25) is 0 Å².